The molecule has 3 rings (SSSR count). The van der Waals surface area contributed by atoms with Crippen molar-refractivity contribution >= 4 is 23.0 Å². The summed E-state index contributed by atoms with van der Waals surface area (Å²) in [5.41, 5.74) is 5.49. The van der Waals surface area contributed by atoms with Crippen LogP contribution in [-0.2, 0) is 4.74 Å². The SMILES string of the molecule is NC(=O)O[C@H](C(=O)c1nc2ccc(F)cc2o1)C1CC1. The fourth-order valence-electron chi connectivity index (χ4n) is 2.01. The van der Waals surface area contributed by atoms with Crippen molar-refractivity contribution in [2.24, 2.45) is 11.7 Å². The summed E-state index contributed by atoms with van der Waals surface area (Å²) in [6.07, 6.45) is -0.445. The van der Waals surface area contributed by atoms with E-state index in [2.05, 4.69) is 4.98 Å². The van der Waals surface area contributed by atoms with Gasteiger partial charge < -0.3 is 14.9 Å². The molecule has 6 nitrogen and oxygen atoms in total. The van der Waals surface area contributed by atoms with Crippen LogP contribution in [0.1, 0.15) is 23.5 Å². The second-order valence-corrected chi connectivity index (χ2v) is 4.69. The molecule has 0 unspecified atom stereocenters. The van der Waals surface area contributed by atoms with Crippen LogP contribution in [0.3, 0.4) is 0 Å². The Labute approximate surface area is 112 Å². The van der Waals surface area contributed by atoms with E-state index in [0.717, 1.165) is 18.9 Å². The highest BCUT2D eigenvalue weighted by molar-refractivity contribution is 5.98. The molecule has 1 aliphatic rings. The molecule has 1 heterocycles. The molecule has 1 atom stereocenters. The Morgan fingerprint density at radius 1 is 1.45 bits per heavy atom. The number of Topliss-reactive ketones (excluding diaryl/α,β-unsaturated/α-hetero) is 1. The van der Waals surface area contributed by atoms with E-state index >= 15 is 0 Å². The zero-order valence-electron chi connectivity index (χ0n) is 10.3. The number of primary amides is 1. The molecule has 1 amide bonds. The van der Waals surface area contributed by atoms with Crippen LogP contribution in [0.5, 0.6) is 0 Å². The average Bonchev–Trinajstić information content (AvgIpc) is 3.14. The normalized spacial score (nSPS) is 16.1. The lowest BCUT2D eigenvalue weighted by atomic mass is 10.1. The quantitative estimate of drug-likeness (QED) is 0.863. The number of rotatable bonds is 4. The third-order valence-electron chi connectivity index (χ3n) is 3.11. The average molecular weight is 278 g/mol. The summed E-state index contributed by atoms with van der Waals surface area (Å²) in [5, 5.41) is 0. The number of hydrogen-bond acceptors (Lipinski definition) is 5. The minimum Gasteiger partial charge on any atom is -0.437 e. The molecule has 0 saturated heterocycles. The van der Waals surface area contributed by atoms with Gasteiger partial charge in [0.2, 0.25) is 0 Å². The number of benzene rings is 1. The van der Waals surface area contributed by atoms with Crippen LogP contribution in [0.2, 0.25) is 0 Å². The second kappa shape index (κ2) is 4.59. The van der Waals surface area contributed by atoms with Gasteiger partial charge in [-0.25, -0.2) is 14.2 Å². The zero-order chi connectivity index (χ0) is 14.3. The van der Waals surface area contributed by atoms with Crippen LogP contribution in [0.15, 0.2) is 22.6 Å². The van der Waals surface area contributed by atoms with E-state index in [1.807, 2.05) is 0 Å². The largest absolute Gasteiger partial charge is 0.437 e. The number of nitrogens with two attached hydrogens (primary N) is 1. The number of carbonyl (C=O) groups is 2. The number of amides is 1. The molecule has 20 heavy (non-hydrogen) atoms. The Morgan fingerprint density at radius 3 is 2.85 bits per heavy atom. The molecule has 0 bridgehead atoms. The number of halogens is 1. The molecule has 2 N–H and O–H groups in total. The van der Waals surface area contributed by atoms with Gasteiger partial charge in [-0.15, -0.1) is 0 Å². The Kier molecular flexibility index (Phi) is 2.89. The third kappa shape index (κ3) is 2.34. The lowest BCUT2D eigenvalue weighted by Gasteiger charge is -2.12. The number of oxazole rings is 1. The first-order valence-electron chi connectivity index (χ1n) is 6.11. The highest BCUT2D eigenvalue weighted by Gasteiger charge is 2.41. The zero-order valence-corrected chi connectivity index (χ0v) is 10.3. The van der Waals surface area contributed by atoms with Crippen molar-refractivity contribution in [2.75, 3.05) is 0 Å². The summed E-state index contributed by atoms with van der Waals surface area (Å²) in [6, 6.07) is 3.77. The molecular formula is C13H11FN2O4. The number of nitrogens with zero attached hydrogens (tertiary/aromatic N) is 1. The molecule has 1 fully saturated rings. The molecule has 1 aromatic carbocycles. The maximum absolute atomic E-state index is 13.1. The van der Waals surface area contributed by atoms with Gasteiger partial charge in [0.05, 0.1) is 0 Å². The molecule has 1 aliphatic carbocycles. The van der Waals surface area contributed by atoms with E-state index in [0.29, 0.717) is 5.52 Å². The van der Waals surface area contributed by atoms with Gasteiger partial charge >= 0.3 is 6.09 Å². The van der Waals surface area contributed by atoms with E-state index in [4.69, 9.17) is 14.9 Å². The van der Waals surface area contributed by atoms with Gasteiger partial charge in [-0.3, -0.25) is 4.79 Å². The number of ether oxygens (including phenoxy) is 1. The van der Waals surface area contributed by atoms with Crippen LogP contribution in [-0.4, -0.2) is 23.0 Å². The smallest absolute Gasteiger partial charge is 0.405 e. The van der Waals surface area contributed by atoms with E-state index in [1.165, 1.54) is 12.1 Å². The van der Waals surface area contributed by atoms with Crippen LogP contribution < -0.4 is 5.73 Å². The van der Waals surface area contributed by atoms with Gasteiger partial charge in [0.15, 0.2) is 11.7 Å². The predicted molar refractivity (Wildman–Crippen MR) is 65.5 cm³/mol. The highest BCUT2D eigenvalue weighted by Crippen LogP contribution is 2.36. The van der Waals surface area contributed by atoms with Crippen LogP contribution in [0.4, 0.5) is 9.18 Å². The first kappa shape index (κ1) is 12.6. The molecule has 2 aromatic rings. The van der Waals surface area contributed by atoms with Crippen molar-refractivity contribution in [2.45, 2.75) is 18.9 Å². The van der Waals surface area contributed by atoms with Crippen molar-refractivity contribution in [1.29, 1.82) is 0 Å². The Bertz CT molecular complexity index is 693. The fourth-order valence-corrected chi connectivity index (χ4v) is 2.01. The van der Waals surface area contributed by atoms with Gasteiger partial charge in [-0.05, 0) is 25.0 Å². The van der Waals surface area contributed by atoms with E-state index in [1.54, 1.807) is 0 Å². The standard InChI is InChI=1S/C13H11FN2O4/c14-7-3-4-8-9(5-7)19-12(16-8)10(17)11(6-1-2-6)20-13(15)18/h3-6,11H,1-2H2,(H2,15,18)/t11-/m0/s1. The summed E-state index contributed by atoms with van der Waals surface area (Å²) < 4.78 is 23.1. The van der Waals surface area contributed by atoms with E-state index in [-0.39, 0.29) is 17.4 Å². The first-order valence-corrected chi connectivity index (χ1v) is 6.11. The summed E-state index contributed by atoms with van der Waals surface area (Å²) in [5.74, 6) is -1.30. The number of hydrogen-bond donors (Lipinski definition) is 1. The topological polar surface area (TPSA) is 95.4 Å². The minimum atomic E-state index is -1.02. The molecule has 0 radical (unpaired) electrons. The van der Waals surface area contributed by atoms with Crippen molar-refractivity contribution in [3.05, 3.63) is 29.9 Å². The predicted octanol–water partition coefficient (Wildman–Crippen LogP) is 2.02. The van der Waals surface area contributed by atoms with Crippen LogP contribution in [0, 0.1) is 11.7 Å². The lowest BCUT2D eigenvalue weighted by molar-refractivity contribution is 0.0572. The van der Waals surface area contributed by atoms with Gasteiger partial charge in [0, 0.05) is 12.0 Å². The molecule has 1 saturated carbocycles. The minimum absolute atomic E-state index is 0.0539. The molecule has 0 aliphatic heterocycles. The fraction of sp³-hybridized carbons (Fsp3) is 0.308. The van der Waals surface area contributed by atoms with Gasteiger partial charge in [-0.1, -0.05) is 0 Å². The van der Waals surface area contributed by atoms with Gasteiger partial charge in [0.25, 0.3) is 11.7 Å². The Balaban J connectivity index is 1.92. The first-order chi connectivity index (χ1) is 9.54. The third-order valence-corrected chi connectivity index (χ3v) is 3.11. The molecule has 104 valence electrons. The molecule has 7 heteroatoms. The summed E-state index contributed by atoms with van der Waals surface area (Å²) in [6.45, 7) is 0. The second-order valence-electron chi connectivity index (χ2n) is 4.69. The highest BCUT2D eigenvalue weighted by atomic mass is 19.1. The number of carbonyl (C=O) groups excluding carboxylic acids is 2. The van der Waals surface area contributed by atoms with Crippen LogP contribution >= 0.6 is 0 Å². The van der Waals surface area contributed by atoms with Crippen LogP contribution in [0.25, 0.3) is 11.1 Å². The van der Waals surface area contributed by atoms with Crippen molar-refractivity contribution in [3.8, 4) is 0 Å². The summed E-state index contributed by atoms with van der Waals surface area (Å²) >= 11 is 0. The summed E-state index contributed by atoms with van der Waals surface area (Å²) in [7, 11) is 0. The van der Waals surface area contributed by atoms with Crippen molar-refractivity contribution in [3.63, 3.8) is 0 Å². The Hall–Kier alpha value is -2.44. The maximum atomic E-state index is 13.1. The molecular weight excluding hydrogens is 267 g/mol. The van der Waals surface area contributed by atoms with Gasteiger partial charge in [0.1, 0.15) is 11.3 Å². The maximum Gasteiger partial charge on any atom is 0.405 e. The number of fused-ring (bicyclic) bond motifs is 1. The lowest BCUT2D eigenvalue weighted by Crippen LogP contribution is -2.32. The van der Waals surface area contributed by atoms with E-state index < -0.39 is 23.8 Å². The molecule has 1 aromatic heterocycles. The van der Waals surface area contributed by atoms with Crippen molar-refractivity contribution in [1.82, 2.24) is 4.98 Å². The summed E-state index contributed by atoms with van der Waals surface area (Å²) in [4.78, 5) is 27.1. The van der Waals surface area contributed by atoms with E-state index in [9.17, 15) is 14.0 Å². The molecule has 0 spiro atoms. The Morgan fingerprint density at radius 2 is 2.20 bits per heavy atom. The van der Waals surface area contributed by atoms with Gasteiger partial charge in [-0.2, -0.15) is 0 Å². The monoisotopic (exact) mass is 278 g/mol. The number of aromatic nitrogens is 1. The number of ketones is 1. The van der Waals surface area contributed by atoms with Crippen molar-refractivity contribution < 1.29 is 23.1 Å².